The molecule has 0 aliphatic carbocycles. The summed E-state index contributed by atoms with van der Waals surface area (Å²) in [6.45, 7) is 6.57. The minimum atomic E-state index is -0.675. The first-order valence-electron chi connectivity index (χ1n) is 7.38. The van der Waals surface area contributed by atoms with Crippen molar-refractivity contribution in [3.63, 3.8) is 0 Å². The van der Waals surface area contributed by atoms with Gasteiger partial charge in [-0.2, -0.15) is 0 Å². The van der Waals surface area contributed by atoms with Crippen molar-refractivity contribution in [2.75, 3.05) is 18.0 Å². The van der Waals surface area contributed by atoms with E-state index < -0.39 is 5.54 Å². The number of rotatable bonds is 5. The van der Waals surface area contributed by atoms with Gasteiger partial charge in [0.1, 0.15) is 0 Å². The average molecular weight is 275 g/mol. The molecule has 4 nitrogen and oxygen atoms in total. The third kappa shape index (κ3) is 3.73. The molecule has 1 amide bonds. The van der Waals surface area contributed by atoms with Gasteiger partial charge in [-0.25, -0.2) is 0 Å². The Labute approximate surface area is 121 Å². The summed E-state index contributed by atoms with van der Waals surface area (Å²) >= 11 is 0. The predicted molar refractivity (Wildman–Crippen MR) is 82.6 cm³/mol. The van der Waals surface area contributed by atoms with E-state index in [9.17, 15) is 4.79 Å². The normalized spacial score (nSPS) is 16.2. The molecule has 2 rings (SSSR count). The van der Waals surface area contributed by atoms with Crippen LogP contribution in [0.5, 0.6) is 0 Å². The molecule has 1 aromatic rings. The van der Waals surface area contributed by atoms with Crippen molar-refractivity contribution in [2.24, 2.45) is 5.73 Å². The largest absolute Gasteiger partial charge is 0.372 e. The molecule has 20 heavy (non-hydrogen) atoms. The molecular formula is C16H25N3O. The van der Waals surface area contributed by atoms with E-state index in [1.165, 1.54) is 30.5 Å². The van der Waals surface area contributed by atoms with Gasteiger partial charge in [0.15, 0.2) is 0 Å². The number of hydrogen-bond acceptors (Lipinski definition) is 3. The number of nitrogens with zero attached hydrogens (tertiary/aromatic N) is 1. The van der Waals surface area contributed by atoms with Crippen molar-refractivity contribution in [2.45, 2.75) is 45.2 Å². The van der Waals surface area contributed by atoms with Crippen LogP contribution in [0.25, 0.3) is 0 Å². The smallest absolute Gasteiger partial charge is 0.237 e. The fourth-order valence-electron chi connectivity index (χ4n) is 2.39. The summed E-state index contributed by atoms with van der Waals surface area (Å²) in [5, 5.41) is 3.19. The number of carbonyl (C=O) groups excluding carboxylic acids is 1. The second-order valence-corrected chi connectivity index (χ2v) is 6.06. The molecular weight excluding hydrogens is 250 g/mol. The minimum absolute atomic E-state index is 0.331. The van der Waals surface area contributed by atoms with Gasteiger partial charge in [0.25, 0.3) is 0 Å². The lowest BCUT2D eigenvalue weighted by Crippen LogP contribution is -2.50. The highest BCUT2D eigenvalue weighted by Gasteiger charge is 2.23. The third-order valence-corrected chi connectivity index (χ3v) is 4.01. The Kier molecular flexibility index (Phi) is 4.65. The fourth-order valence-corrected chi connectivity index (χ4v) is 2.39. The Balaban J connectivity index is 1.93. The van der Waals surface area contributed by atoms with Gasteiger partial charge in [0.2, 0.25) is 5.91 Å². The van der Waals surface area contributed by atoms with Gasteiger partial charge in [0.05, 0.1) is 5.54 Å². The molecule has 1 aliphatic rings. The highest BCUT2D eigenvalue weighted by molar-refractivity contribution is 5.83. The van der Waals surface area contributed by atoms with Gasteiger partial charge in [-0.1, -0.05) is 12.1 Å². The van der Waals surface area contributed by atoms with Gasteiger partial charge in [-0.15, -0.1) is 0 Å². The van der Waals surface area contributed by atoms with Gasteiger partial charge in [0, 0.05) is 25.3 Å². The average Bonchev–Trinajstić information content (AvgIpc) is 2.46. The van der Waals surface area contributed by atoms with Gasteiger partial charge in [-0.3, -0.25) is 10.1 Å². The number of primary amides is 1. The molecule has 0 saturated carbocycles. The van der Waals surface area contributed by atoms with Crippen LogP contribution in [0.1, 0.15) is 38.7 Å². The highest BCUT2D eigenvalue weighted by atomic mass is 16.1. The van der Waals surface area contributed by atoms with Crippen LogP contribution in [0.4, 0.5) is 5.69 Å². The summed E-state index contributed by atoms with van der Waals surface area (Å²) in [4.78, 5) is 13.7. The summed E-state index contributed by atoms with van der Waals surface area (Å²) in [6.07, 6.45) is 3.92. The molecule has 1 aromatic carbocycles. The van der Waals surface area contributed by atoms with Crippen molar-refractivity contribution in [1.29, 1.82) is 0 Å². The van der Waals surface area contributed by atoms with Gasteiger partial charge in [-0.05, 0) is 50.8 Å². The van der Waals surface area contributed by atoms with Crippen LogP contribution < -0.4 is 16.0 Å². The first kappa shape index (κ1) is 14.9. The summed E-state index contributed by atoms with van der Waals surface area (Å²) in [7, 11) is 0. The quantitative estimate of drug-likeness (QED) is 0.864. The number of amides is 1. The Hall–Kier alpha value is -1.55. The Morgan fingerprint density at radius 3 is 2.35 bits per heavy atom. The molecule has 1 aliphatic heterocycles. The Bertz CT molecular complexity index is 447. The van der Waals surface area contributed by atoms with Crippen molar-refractivity contribution < 1.29 is 4.79 Å². The maximum Gasteiger partial charge on any atom is 0.237 e. The summed E-state index contributed by atoms with van der Waals surface area (Å²) in [6, 6.07) is 8.57. The minimum Gasteiger partial charge on any atom is -0.372 e. The predicted octanol–water partition coefficient (Wildman–Crippen LogP) is 2.03. The second kappa shape index (κ2) is 6.27. The monoisotopic (exact) mass is 275 g/mol. The molecule has 1 heterocycles. The van der Waals surface area contributed by atoms with Crippen LogP contribution in [0.15, 0.2) is 24.3 Å². The molecule has 4 heteroatoms. The van der Waals surface area contributed by atoms with E-state index in [-0.39, 0.29) is 5.91 Å². The van der Waals surface area contributed by atoms with Gasteiger partial charge < -0.3 is 10.6 Å². The van der Waals surface area contributed by atoms with Crippen molar-refractivity contribution in [1.82, 2.24) is 5.32 Å². The molecule has 0 radical (unpaired) electrons. The molecule has 1 saturated heterocycles. The first-order chi connectivity index (χ1) is 9.49. The standard InChI is InChI=1S/C16H25N3O/c1-16(2,15(17)20)18-12-13-6-8-14(9-7-13)19-10-4-3-5-11-19/h6-9,18H,3-5,10-12H2,1-2H3,(H2,17,20). The molecule has 0 spiro atoms. The van der Waals surface area contributed by atoms with Gasteiger partial charge >= 0.3 is 0 Å². The van der Waals surface area contributed by atoms with E-state index in [2.05, 4.69) is 34.5 Å². The fraction of sp³-hybridized carbons (Fsp3) is 0.562. The maximum absolute atomic E-state index is 11.3. The number of nitrogens with one attached hydrogen (secondary N) is 1. The van der Waals surface area contributed by atoms with E-state index in [0.717, 1.165) is 13.1 Å². The van der Waals surface area contributed by atoms with Crippen LogP contribution in [-0.4, -0.2) is 24.5 Å². The lowest BCUT2D eigenvalue weighted by Gasteiger charge is -2.29. The molecule has 1 fully saturated rings. The van der Waals surface area contributed by atoms with Crippen LogP contribution in [0, 0.1) is 0 Å². The molecule has 0 atom stereocenters. The summed E-state index contributed by atoms with van der Waals surface area (Å²) < 4.78 is 0. The van der Waals surface area contributed by atoms with E-state index in [4.69, 9.17) is 5.73 Å². The third-order valence-electron chi connectivity index (χ3n) is 4.01. The van der Waals surface area contributed by atoms with Crippen LogP contribution >= 0.6 is 0 Å². The zero-order chi connectivity index (χ0) is 14.6. The molecule has 0 bridgehead atoms. The van der Waals surface area contributed by atoms with E-state index >= 15 is 0 Å². The number of nitrogens with two attached hydrogens (primary N) is 1. The Morgan fingerprint density at radius 2 is 1.80 bits per heavy atom. The zero-order valence-corrected chi connectivity index (χ0v) is 12.5. The SMILES string of the molecule is CC(C)(NCc1ccc(N2CCCCC2)cc1)C(N)=O. The van der Waals surface area contributed by atoms with E-state index in [1.807, 2.05) is 0 Å². The van der Waals surface area contributed by atoms with E-state index in [0.29, 0.717) is 6.54 Å². The number of benzene rings is 1. The molecule has 110 valence electrons. The lowest BCUT2D eigenvalue weighted by atomic mass is 10.0. The van der Waals surface area contributed by atoms with Crippen molar-refractivity contribution >= 4 is 11.6 Å². The topological polar surface area (TPSA) is 58.4 Å². The van der Waals surface area contributed by atoms with E-state index in [1.54, 1.807) is 13.8 Å². The van der Waals surface area contributed by atoms with Crippen LogP contribution in [-0.2, 0) is 11.3 Å². The van der Waals surface area contributed by atoms with Crippen molar-refractivity contribution in [3.05, 3.63) is 29.8 Å². The second-order valence-electron chi connectivity index (χ2n) is 6.06. The number of piperidine rings is 1. The molecule has 0 unspecified atom stereocenters. The summed E-state index contributed by atoms with van der Waals surface area (Å²) in [5.41, 5.74) is 7.13. The number of anilines is 1. The number of hydrogen-bond donors (Lipinski definition) is 2. The lowest BCUT2D eigenvalue weighted by molar-refractivity contribution is -0.123. The van der Waals surface area contributed by atoms with Crippen LogP contribution in [0.3, 0.4) is 0 Å². The van der Waals surface area contributed by atoms with Crippen molar-refractivity contribution in [3.8, 4) is 0 Å². The number of carbonyl (C=O) groups is 1. The first-order valence-corrected chi connectivity index (χ1v) is 7.38. The zero-order valence-electron chi connectivity index (χ0n) is 12.5. The van der Waals surface area contributed by atoms with Crippen LogP contribution in [0.2, 0.25) is 0 Å². The summed E-state index contributed by atoms with van der Waals surface area (Å²) in [5.74, 6) is -0.331. The molecule has 3 N–H and O–H groups in total. The highest BCUT2D eigenvalue weighted by Crippen LogP contribution is 2.20. The maximum atomic E-state index is 11.3. The molecule has 0 aromatic heterocycles. The Morgan fingerprint density at radius 1 is 1.20 bits per heavy atom.